The van der Waals surface area contributed by atoms with Gasteiger partial charge in [0.15, 0.2) is 0 Å². The Kier molecular flexibility index (Phi) is 3.07. The molecule has 0 aliphatic heterocycles. The quantitative estimate of drug-likeness (QED) is 0.649. The Morgan fingerprint density at radius 2 is 1.53 bits per heavy atom. The van der Waals surface area contributed by atoms with Crippen molar-refractivity contribution in [3.63, 3.8) is 0 Å². The number of pyridine rings is 1. The van der Waals surface area contributed by atoms with E-state index in [-0.39, 0.29) is 5.82 Å². The zero-order valence-electron chi connectivity index (χ0n) is 10.3. The highest BCUT2D eigenvalue weighted by Crippen LogP contribution is 2.19. The molecular weight excluding hydrogens is 237 g/mol. The van der Waals surface area contributed by atoms with Crippen molar-refractivity contribution in [3.8, 4) is 0 Å². The predicted octanol–water partition coefficient (Wildman–Crippen LogP) is 4.54. The number of rotatable bonds is 2. The maximum absolute atomic E-state index is 13.5. The van der Waals surface area contributed by atoms with E-state index in [9.17, 15) is 4.39 Å². The van der Waals surface area contributed by atoms with Gasteiger partial charge in [0.1, 0.15) is 5.82 Å². The van der Waals surface area contributed by atoms with Gasteiger partial charge in [-0.25, -0.2) is 4.39 Å². The van der Waals surface area contributed by atoms with E-state index < -0.39 is 0 Å². The molecule has 0 atom stereocenters. The minimum Gasteiger partial charge on any atom is -0.256 e. The predicted molar refractivity (Wildman–Crippen MR) is 77.1 cm³/mol. The molecule has 3 aromatic rings. The molecule has 92 valence electrons. The van der Waals surface area contributed by atoms with Crippen LogP contribution in [0.4, 0.5) is 4.39 Å². The van der Waals surface area contributed by atoms with E-state index in [1.54, 1.807) is 24.4 Å². The van der Waals surface area contributed by atoms with E-state index in [0.29, 0.717) is 5.56 Å². The molecule has 0 aliphatic rings. The van der Waals surface area contributed by atoms with Gasteiger partial charge in [-0.05, 0) is 23.8 Å². The first-order valence-corrected chi connectivity index (χ1v) is 6.11. The molecule has 0 spiro atoms. The van der Waals surface area contributed by atoms with Gasteiger partial charge in [-0.3, -0.25) is 4.98 Å². The third kappa shape index (κ3) is 2.38. The smallest absolute Gasteiger partial charge is 0.130 e. The van der Waals surface area contributed by atoms with Crippen LogP contribution in [0.1, 0.15) is 11.1 Å². The molecule has 1 heterocycles. The highest BCUT2D eigenvalue weighted by atomic mass is 19.1. The second-order valence-corrected chi connectivity index (χ2v) is 4.27. The number of nitrogens with zero attached hydrogens (tertiary/aromatic N) is 1. The first-order valence-electron chi connectivity index (χ1n) is 6.11. The third-order valence-corrected chi connectivity index (χ3v) is 3.03. The summed E-state index contributed by atoms with van der Waals surface area (Å²) in [4.78, 5) is 4.31. The molecule has 0 saturated heterocycles. The Morgan fingerprint density at radius 3 is 2.42 bits per heavy atom. The van der Waals surface area contributed by atoms with Gasteiger partial charge in [0.25, 0.3) is 0 Å². The standard InChI is InChI=1S/C17H12FN/c18-16-7-3-1-5-14(16)10-9-13-11-12-19-17-8-4-2-6-15(13)17/h1-12H. The first-order chi connectivity index (χ1) is 9.34. The molecule has 0 fully saturated rings. The van der Waals surface area contributed by atoms with Crippen LogP contribution in [-0.2, 0) is 0 Å². The average Bonchev–Trinajstić information content (AvgIpc) is 2.46. The fourth-order valence-corrected chi connectivity index (χ4v) is 2.05. The number of fused-ring (bicyclic) bond motifs is 1. The number of benzene rings is 2. The van der Waals surface area contributed by atoms with Crippen molar-refractivity contribution in [1.82, 2.24) is 4.98 Å². The highest BCUT2D eigenvalue weighted by molar-refractivity contribution is 5.90. The van der Waals surface area contributed by atoms with Crippen LogP contribution < -0.4 is 0 Å². The van der Waals surface area contributed by atoms with Crippen LogP contribution >= 0.6 is 0 Å². The zero-order valence-corrected chi connectivity index (χ0v) is 10.3. The van der Waals surface area contributed by atoms with E-state index in [1.165, 1.54) is 6.07 Å². The number of halogens is 1. The maximum Gasteiger partial charge on any atom is 0.130 e. The van der Waals surface area contributed by atoms with Crippen molar-refractivity contribution >= 4 is 23.1 Å². The van der Waals surface area contributed by atoms with Crippen molar-refractivity contribution in [1.29, 1.82) is 0 Å². The van der Waals surface area contributed by atoms with Crippen LogP contribution in [0.3, 0.4) is 0 Å². The molecule has 2 aromatic carbocycles. The largest absolute Gasteiger partial charge is 0.256 e. The van der Waals surface area contributed by atoms with Gasteiger partial charge in [0.2, 0.25) is 0 Å². The second kappa shape index (κ2) is 5.02. The van der Waals surface area contributed by atoms with Gasteiger partial charge in [0.05, 0.1) is 5.52 Å². The molecule has 1 aromatic heterocycles. The van der Waals surface area contributed by atoms with Crippen molar-refractivity contribution < 1.29 is 4.39 Å². The van der Waals surface area contributed by atoms with Crippen LogP contribution in [0.2, 0.25) is 0 Å². The van der Waals surface area contributed by atoms with Crippen LogP contribution in [-0.4, -0.2) is 4.98 Å². The minimum atomic E-state index is -0.211. The fourth-order valence-electron chi connectivity index (χ4n) is 2.05. The number of aromatic nitrogens is 1. The summed E-state index contributed by atoms with van der Waals surface area (Å²) in [6, 6.07) is 16.6. The van der Waals surface area contributed by atoms with E-state index >= 15 is 0 Å². The van der Waals surface area contributed by atoms with Gasteiger partial charge in [-0.15, -0.1) is 0 Å². The van der Waals surface area contributed by atoms with Crippen molar-refractivity contribution in [2.45, 2.75) is 0 Å². The Hall–Kier alpha value is -2.48. The summed E-state index contributed by atoms with van der Waals surface area (Å²) in [6.45, 7) is 0. The third-order valence-electron chi connectivity index (χ3n) is 3.03. The second-order valence-electron chi connectivity index (χ2n) is 4.27. The molecule has 0 unspecified atom stereocenters. The minimum absolute atomic E-state index is 0.211. The topological polar surface area (TPSA) is 12.9 Å². The Morgan fingerprint density at radius 1 is 0.789 bits per heavy atom. The van der Waals surface area contributed by atoms with Gasteiger partial charge in [-0.1, -0.05) is 48.6 Å². The number of para-hydroxylation sites is 1. The van der Waals surface area contributed by atoms with Gasteiger partial charge in [-0.2, -0.15) is 0 Å². The summed E-state index contributed by atoms with van der Waals surface area (Å²) in [6.07, 6.45) is 5.48. The molecule has 2 heteroatoms. The summed E-state index contributed by atoms with van der Waals surface area (Å²) in [5.41, 5.74) is 2.57. The normalized spacial score (nSPS) is 11.2. The molecule has 0 radical (unpaired) electrons. The lowest BCUT2D eigenvalue weighted by atomic mass is 10.1. The average molecular weight is 249 g/mol. The first kappa shape index (κ1) is 11.6. The molecule has 0 bridgehead atoms. The van der Waals surface area contributed by atoms with Gasteiger partial charge < -0.3 is 0 Å². The van der Waals surface area contributed by atoms with Gasteiger partial charge >= 0.3 is 0 Å². The van der Waals surface area contributed by atoms with E-state index in [4.69, 9.17) is 0 Å². The van der Waals surface area contributed by atoms with E-state index in [0.717, 1.165) is 16.5 Å². The van der Waals surface area contributed by atoms with Gasteiger partial charge in [0, 0.05) is 17.1 Å². The summed E-state index contributed by atoms with van der Waals surface area (Å²) in [7, 11) is 0. The maximum atomic E-state index is 13.5. The molecular formula is C17H12FN. The molecule has 0 aliphatic carbocycles. The summed E-state index contributed by atoms with van der Waals surface area (Å²) >= 11 is 0. The fraction of sp³-hybridized carbons (Fsp3) is 0. The monoisotopic (exact) mass is 249 g/mol. The molecule has 0 saturated carbocycles. The van der Waals surface area contributed by atoms with E-state index in [1.807, 2.05) is 42.5 Å². The lowest BCUT2D eigenvalue weighted by Gasteiger charge is -2.01. The number of hydrogen-bond donors (Lipinski definition) is 0. The Labute approximate surface area is 111 Å². The highest BCUT2D eigenvalue weighted by Gasteiger charge is 1.99. The van der Waals surface area contributed by atoms with E-state index in [2.05, 4.69) is 4.98 Å². The lowest BCUT2D eigenvalue weighted by molar-refractivity contribution is 0.625. The molecule has 19 heavy (non-hydrogen) atoms. The van der Waals surface area contributed by atoms with Crippen LogP contribution in [0.25, 0.3) is 23.1 Å². The van der Waals surface area contributed by atoms with Crippen LogP contribution in [0, 0.1) is 5.82 Å². The zero-order chi connectivity index (χ0) is 13.1. The summed E-state index contributed by atoms with van der Waals surface area (Å²) < 4.78 is 13.5. The SMILES string of the molecule is Fc1ccccc1C=Cc1ccnc2ccccc12. The van der Waals surface area contributed by atoms with Crippen molar-refractivity contribution in [2.75, 3.05) is 0 Å². The molecule has 0 amide bonds. The van der Waals surface area contributed by atoms with Crippen molar-refractivity contribution in [3.05, 3.63) is 77.7 Å². The summed E-state index contributed by atoms with van der Waals surface area (Å²) in [5.74, 6) is -0.211. The van der Waals surface area contributed by atoms with Crippen LogP contribution in [0.15, 0.2) is 60.8 Å². The number of hydrogen-bond acceptors (Lipinski definition) is 1. The lowest BCUT2D eigenvalue weighted by Crippen LogP contribution is -1.82. The van der Waals surface area contributed by atoms with Crippen LogP contribution in [0.5, 0.6) is 0 Å². The van der Waals surface area contributed by atoms with Crippen molar-refractivity contribution in [2.24, 2.45) is 0 Å². The molecule has 3 rings (SSSR count). The Bertz CT molecular complexity index is 742. The molecule has 0 N–H and O–H groups in total. The Balaban J connectivity index is 2.04. The summed E-state index contributed by atoms with van der Waals surface area (Å²) in [5, 5.41) is 1.07. The molecule has 1 nitrogen and oxygen atoms in total.